The third-order valence-electron chi connectivity index (χ3n) is 3.43. The van der Waals surface area contributed by atoms with Crippen molar-refractivity contribution >= 4 is 23.9 Å². The molecule has 1 aromatic carbocycles. The predicted octanol–water partition coefficient (Wildman–Crippen LogP) is 1.03. The molecule has 2 heterocycles. The highest BCUT2D eigenvalue weighted by atomic mass is 19.1. The van der Waals surface area contributed by atoms with Crippen molar-refractivity contribution in [3.8, 4) is 0 Å². The van der Waals surface area contributed by atoms with E-state index in [0.717, 1.165) is 6.41 Å². The largest absolute Gasteiger partial charge is 0.352 e. The van der Waals surface area contributed by atoms with Crippen LogP contribution >= 0.6 is 0 Å². The van der Waals surface area contributed by atoms with Crippen LogP contribution < -0.4 is 10.2 Å². The van der Waals surface area contributed by atoms with E-state index < -0.39 is 0 Å². The first-order chi connectivity index (χ1) is 10.7. The van der Waals surface area contributed by atoms with Gasteiger partial charge in [-0.2, -0.15) is 10.1 Å². The van der Waals surface area contributed by atoms with Gasteiger partial charge in [-0.3, -0.25) is 4.79 Å². The van der Waals surface area contributed by atoms with E-state index in [4.69, 9.17) is 0 Å². The van der Waals surface area contributed by atoms with Crippen LogP contribution in [-0.2, 0) is 4.79 Å². The number of halogens is 1. The van der Waals surface area contributed by atoms with Gasteiger partial charge in [-0.1, -0.05) is 0 Å². The molecule has 1 saturated heterocycles. The summed E-state index contributed by atoms with van der Waals surface area (Å²) in [5.41, 5.74) is 0.686. The molecule has 0 unspecified atom stereocenters. The van der Waals surface area contributed by atoms with Crippen LogP contribution in [0.2, 0.25) is 0 Å². The van der Waals surface area contributed by atoms with Crippen molar-refractivity contribution < 1.29 is 9.18 Å². The monoisotopic (exact) mass is 302 g/mol. The second-order valence-electron chi connectivity index (χ2n) is 4.90. The van der Waals surface area contributed by atoms with Gasteiger partial charge in [0.1, 0.15) is 5.82 Å². The number of amides is 1. The molecule has 0 aliphatic carbocycles. The van der Waals surface area contributed by atoms with Crippen LogP contribution in [0.15, 0.2) is 30.5 Å². The lowest BCUT2D eigenvalue weighted by molar-refractivity contribution is -0.118. The quantitative estimate of drug-likeness (QED) is 0.850. The fourth-order valence-electron chi connectivity index (χ4n) is 2.22. The maximum absolute atomic E-state index is 12.9. The minimum Gasteiger partial charge on any atom is -0.352 e. The Morgan fingerprint density at radius 2 is 1.86 bits per heavy atom. The zero-order chi connectivity index (χ0) is 15.4. The van der Waals surface area contributed by atoms with E-state index in [1.165, 1.54) is 12.1 Å². The van der Waals surface area contributed by atoms with E-state index in [2.05, 4.69) is 20.5 Å². The van der Waals surface area contributed by atoms with E-state index in [9.17, 15) is 9.18 Å². The molecule has 1 aliphatic heterocycles. The highest BCUT2D eigenvalue weighted by Crippen LogP contribution is 2.16. The molecule has 22 heavy (non-hydrogen) atoms. The Morgan fingerprint density at radius 1 is 1.14 bits per heavy atom. The lowest BCUT2D eigenvalue weighted by Gasteiger charge is -2.33. The summed E-state index contributed by atoms with van der Waals surface area (Å²) >= 11 is 0. The molecule has 114 valence electrons. The van der Waals surface area contributed by atoms with Crippen molar-refractivity contribution in [2.75, 3.05) is 36.4 Å². The zero-order valence-corrected chi connectivity index (χ0v) is 11.8. The summed E-state index contributed by atoms with van der Waals surface area (Å²) in [5, 5.41) is 10.8. The Hall–Kier alpha value is -2.77. The Kier molecular flexibility index (Phi) is 4.08. The summed E-state index contributed by atoms with van der Waals surface area (Å²) in [6.45, 7) is 2.73. The number of nitrogens with one attached hydrogen (secondary N) is 1. The summed E-state index contributed by atoms with van der Waals surface area (Å²) < 4.78 is 12.9. The molecule has 1 fully saturated rings. The summed E-state index contributed by atoms with van der Waals surface area (Å²) in [6, 6.07) is 5.93. The number of hydrogen-bond acceptors (Lipinski definition) is 6. The summed E-state index contributed by atoms with van der Waals surface area (Å²) in [4.78, 5) is 18.9. The SMILES string of the molecule is O=CN1CCN(c2cnnc(Nc3ccc(F)cc3)n2)CC1. The van der Waals surface area contributed by atoms with Crippen molar-refractivity contribution in [3.05, 3.63) is 36.3 Å². The number of carbonyl (C=O) groups is 1. The van der Waals surface area contributed by atoms with Gasteiger partial charge >= 0.3 is 0 Å². The third kappa shape index (κ3) is 3.27. The van der Waals surface area contributed by atoms with Gasteiger partial charge in [0.05, 0.1) is 6.20 Å². The first-order valence-corrected chi connectivity index (χ1v) is 6.91. The van der Waals surface area contributed by atoms with Gasteiger partial charge in [0.15, 0.2) is 5.82 Å². The van der Waals surface area contributed by atoms with Crippen molar-refractivity contribution in [2.45, 2.75) is 0 Å². The first kappa shape index (κ1) is 14.2. The molecule has 0 radical (unpaired) electrons. The van der Waals surface area contributed by atoms with Gasteiger partial charge in [0, 0.05) is 31.9 Å². The molecule has 0 saturated carbocycles. The van der Waals surface area contributed by atoms with Gasteiger partial charge in [-0.05, 0) is 24.3 Å². The number of benzene rings is 1. The summed E-state index contributed by atoms with van der Waals surface area (Å²) in [5.74, 6) is 0.749. The van der Waals surface area contributed by atoms with Crippen LogP contribution in [0.3, 0.4) is 0 Å². The Morgan fingerprint density at radius 3 is 2.55 bits per heavy atom. The van der Waals surface area contributed by atoms with Crippen molar-refractivity contribution in [1.82, 2.24) is 20.1 Å². The fourth-order valence-corrected chi connectivity index (χ4v) is 2.22. The van der Waals surface area contributed by atoms with Crippen LogP contribution in [0, 0.1) is 5.82 Å². The number of piperazine rings is 1. The Labute approximate surface area is 126 Å². The lowest BCUT2D eigenvalue weighted by Crippen LogP contribution is -2.46. The normalized spacial score (nSPS) is 14.8. The number of aromatic nitrogens is 3. The van der Waals surface area contributed by atoms with Gasteiger partial charge in [0.2, 0.25) is 12.4 Å². The van der Waals surface area contributed by atoms with Crippen LogP contribution in [0.5, 0.6) is 0 Å². The number of rotatable bonds is 4. The molecule has 0 spiro atoms. The molecule has 2 aromatic rings. The van der Waals surface area contributed by atoms with Crippen LogP contribution in [0.4, 0.5) is 21.8 Å². The van der Waals surface area contributed by atoms with Crippen LogP contribution in [-0.4, -0.2) is 52.7 Å². The molecule has 1 aliphatic rings. The fraction of sp³-hybridized carbons (Fsp3) is 0.286. The first-order valence-electron chi connectivity index (χ1n) is 6.91. The van der Waals surface area contributed by atoms with Gasteiger partial charge in [-0.15, -0.1) is 5.10 Å². The maximum atomic E-state index is 12.9. The zero-order valence-electron chi connectivity index (χ0n) is 11.8. The van der Waals surface area contributed by atoms with E-state index in [0.29, 0.717) is 43.6 Å². The molecule has 1 amide bonds. The molecular formula is C14H15FN6O. The molecule has 7 nitrogen and oxygen atoms in total. The highest BCUT2D eigenvalue weighted by Gasteiger charge is 2.17. The molecule has 0 bridgehead atoms. The summed E-state index contributed by atoms with van der Waals surface area (Å²) in [6.07, 6.45) is 2.45. The number of anilines is 3. The van der Waals surface area contributed by atoms with Gasteiger partial charge in [0.25, 0.3) is 0 Å². The second-order valence-corrected chi connectivity index (χ2v) is 4.90. The molecule has 0 atom stereocenters. The van der Waals surface area contributed by atoms with Crippen LogP contribution in [0.25, 0.3) is 0 Å². The van der Waals surface area contributed by atoms with Crippen molar-refractivity contribution in [1.29, 1.82) is 0 Å². The van der Waals surface area contributed by atoms with Gasteiger partial charge < -0.3 is 15.1 Å². The van der Waals surface area contributed by atoms with Gasteiger partial charge in [-0.25, -0.2) is 4.39 Å². The van der Waals surface area contributed by atoms with Crippen molar-refractivity contribution in [2.24, 2.45) is 0 Å². The number of nitrogens with zero attached hydrogens (tertiary/aromatic N) is 5. The smallest absolute Gasteiger partial charge is 0.249 e. The predicted molar refractivity (Wildman–Crippen MR) is 79.4 cm³/mol. The topological polar surface area (TPSA) is 74.2 Å². The van der Waals surface area contributed by atoms with E-state index in [-0.39, 0.29) is 5.82 Å². The molecule has 1 N–H and O–H groups in total. The highest BCUT2D eigenvalue weighted by molar-refractivity contribution is 5.54. The molecular weight excluding hydrogens is 287 g/mol. The number of hydrogen-bond donors (Lipinski definition) is 1. The minimum atomic E-state index is -0.300. The second kappa shape index (κ2) is 6.33. The average molecular weight is 302 g/mol. The maximum Gasteiger partial charge on any atom is 0.249 e. The van der Waals surface area contributed by atoms with E-state index in [1.54, 1.807) is 23.2 Å². The molecule has 3 rings (SSSR count). The van der Waals surface area contributed by atoms with Crippen LogP contribution in [0.1, 0.15) is 0 Å². The number of carbonyl (C=O) groups excluding carboxylic acids is 1. The molecule has 8 heteroatoms. The van der Waals surface area contributed by atoms with E-state index >= 15 is 0 Å². The lowest BCUT2D eigenvalue weighted by atomic mass is 10.3. The van der Waals surface area contributed by atoms with Crippen molar-refractivity contribution in [3.63, 3.8) is 0 Å². The average Bonchev–Trinajstić information content (AvgIpc) is 2.57. The Bertz CT molecular complexity index is 642. The van der Waals surface area contributed by atoms with E-state index in [1.807, 2.05) is 4.90 Å². The standard InChI is InChI=1S/C14H15FN6O/c15-11-1-3-12(4-2-11)17-14-18-13(9-16-19-14)21-7-5-20(10-22)6-8-21/h1-4,9-10H,5-8H2,(H,17,18,19). The summed E-state index contributed by atoms with van der Waals surface area (Å²) in [7, 11) is 0. The Balaban J connectivity index is 1.70. The minimum absolute atomic E-state index is 0.300. The molecule has 1 aromatic heterocycles. The third-order valence-corrected chi connectivity index (χ3v) is 3.43.